The van der Waals surface area contributed by atoms with Crippen molar-refractivity contribution in [1.82, 2.24) is 0 Å². The van der Waals surface area contributed by atoms with E-state index in [1.165, 1.54) is 31.4 Å². The minimum Gasteiger partial charge on any atom is -0.378 e. The van der Waals surface area contributed by atoms with E-state index in [0.717, 1.165) is 11.5 Å². The maximum absolute atomic E-state index is 4.80. The molecule has 2 unspecified atom stereocenters. The number of fused-ring (bicyclic) bond motifs is 2. The van der Waals surface area contributed by atoms with Crippen molar-refractivity contribution in [2.75, 3.05) is 10.6 Å². The third kappa shape index (κ3) is 2.14. The summed E-state index contributed by atoms with van der Waals surface area (Å²) in [5.74, 6) is 1.04. The average molecular weight is 229 g/mol. The predicted octanol–water partition coefficient (Wildman–Crippen LogP) is 3.25. The van der Waals surface area contributed by atoms with Gasteiger partial charge in [0.2, 0.25) is 0 Å². The Kier molecular flexibility index (Phi) is 2.75. The van der Waals surface area contributed by atoms with Gasteiger partial charge < -0.3 is 10.6 Å². The van der Waals surface area contributed by atoms with Gasteiger partial charge in [-0.15, -0.1) is 0 Å². The Hall–Kier alpha value is -1.51. The molecule has 1 saturated carbocycles. The van der Waals surface area contributed by atoms with Crippen LogP contribution in [0.15, 0.2) is 29.3 Å². The lowest BCUT2D eigenvalue weighted by atomic mass is 9.90. The third-order valence-electron chi connectivity index (χ3n) is 3.67. The zero-order chi connectivity index (χ0) is 11.7. The highest BCUT2D eigenvalue weighted by Gasteiger charge is 2.26. The fourth-order valence-electron chi connectivity index (χ4n) is 2.83. The summed E-state index contributed by atoms with van der Waals surface area (Å²) in [5, 5.41) is 7.04. The minimum absolute atomic E-state index is 0.435. The minimum atomic E-state index is 0.435. The van der Waals surface area contributed by atoms with Crippen molar-refractivity contribution in [2.24, 2.45) is 4.99 Å². The largest absolute Gasteiger partial charge is 0.378 e. The second-order valence-electron chi connectivity index (χ2n) is 4.99. The highest BCUT2D eigenvalue weighted by atomic mass is 15.1. The zero-order valence-corrected chi connectivity index (χ0v) is 10.2. The summed E-state index contributed by atoms with van der Waals surface area (Å²) in [6.07, 6.45) is 5.06. The number of nitrogens with zero attached hydrogens (tertiary/aromatic N) is 1. The van der Waals surface area contributed by atoms with Crippen molar-refractivity contribution >= 4 is 17.2 Å². The normalized spacial score (nSPS) is 27.5. The topological polar surface area (TPSA) is 36.4 Å². The van der Waals surface area contributed by atoms with Gasteiger partial charge in [0.15, 0.2) is 0 Å². The van der Waals surface area contributed by atoms with Crippen LogP contribution in [0.2, 0.25) is 0 Å². The van der Waals surface area contributed by atoms with E-state index in [1.54, 1.807) is 0 Å². The number of benzene rings is 1. The predicted molar refractivity (Wildman–Crippen MR) is 72.8 cm³/mol. The van der Waals surface area contributed by atoms with Gasteiger partial charge in [-0.2, -0.15) is 0 Å². The van der Waals surface area contributed by atoms with Gasteiger partial charge in [0.25, 0.3) is 0 Å². The molecular formula is C14H19N3. The first-order chi connectivity index (χ1) is 8.33. The number of amidine groups is 1. The summed E-state index contributed by atoms with van der Waals surface area (Å²) in [6, 6.07) is 9.32. The molecular weight excluding hydrogens is 210 g/mol. The van der Waals surface area contributed by atoms with Gasteiger partial charge in [-0.1, -0.05) is 25.0 Å². The lowest BCUT2D eigenvalue weighted by Gasteiger charge is -2.33. The van der Waals surface area contributed by atoms with Crippen LogP contribution in [0.25, 0.3) is 0 Å². The Morgan fingerprint density at radius 2 is 1.88 bits per heavy atom. The van der Waals surface area contributed by atoms with Crippen LogP contribution < -0.4 is 10.6 Å². The molecule has 0 amide bonds. The summed E-state index contributed by atoms with van der Waals surface area (Å²) in [7, 11) is 0. The lowest BCUT2D eigenvalue weighted by Crippen LogP contribution is -2.38. The Balaban J connectivity index is 1.96. The van der Waals surface area contributed by atoms with Crippen LogP contribution >= 0.6 is 0 Å². The average Bonchev–Trinajstić information content (AvgIpc) is 2.31. The molecule has 2 atom stereocenters. The van der Waals surface area contributed by atoms with E-state index in [2.05, 4.69) is 41.8 Å². The molecule has 90 valence electrons. The maximum atomic E-state index is 4.80. The van der Waals surface area contributed by atoms with Gasteiger partial charge in [0.1, 0.15) is 0 Å². The number of nitrogens with one attached hydrogen (secondary N) is 2. The summed E-state index contributed by atoms with van der Waals surface area (Å²) in [6.45, 7) is 2.06. The van der Waals surface area contributed by atoms with E-state index < -0.39 is 0 Å². The number of anilines is 2. The number of hydrogen-bond donors (Lipinski definition) is 2. The molecule has 2 N–H and O–H groups in total. The highest BCUT2D eigenvalue weighted by molar-refractivity contribution is 5.97. The Morgan fingerprint density at radius 1 is 1.12 bits per heavy atom. The van der Waals surface area contributed by atoms with E-state index in [1.807, 2.05) is 0 Å². The van der Waals surface area contributed by atoms with Gasteiger partial charge >= 0.3 is 0 Å². The molecule has 0 saturated heterocycles. The van der Waals surface area contributed by atoms with E-state index in [9.17, 15) is 0 Å². The first-order valence-corrected chi connectivity index (χ1v) is 6.50. The molecule has 1 heterocycles. The van der Waals surface area contributed by atoms with E-state index in [0.29, 0.717) is 12.1 Å². The van der Waals surface area contributed by atoms with Crippen LogP contribution in [0.3, 0.4) is 0 Å². The van der Waals surface area contributed by atoms with Crippen LogP contribution in [0, 0.1) is 0 Å². The number of para-hydroxylation sites is 2. The van der Waals surface area contributed by atoms with Crippen LogP contribution in [-0.4, -0.2) is 17.9 Å². The first kappa shape index (κ1) is 10.6. The van der Waals surface area contributed by atoms with Crippen molar-refractivity contribution in [3.05, 3.63) is 24.3 Å². The quantitative estimate of drug-likeness (QED) is 0.716. The molecule has 1 aromatic rings. The molecule has 1 fully saturated rings. The second kappa shape index (κ2) is 4.40. The van der Waals surface area contributed by atoms with Gasteiger partial charge in [-0.3, -0.25) is 4.99 Å². The molecule has 3 rings (SSSR count). The highest BCUT2D eigenvalue weighted by Crippen LogP contribution is 2.30. The summed E-state index contributed by atoms with van der Waals surface area (Å²) >= 11 is 0. The number of hydrogen-bond acceptors (Lipinski definition) is 3. The summed E-state index contributed by atoms with van der Waals surface area (Å²) < 4.78 is 0. The molecule has 1 aliphatic heterocycles. The molecule has 3 nitrogen and oxygen atoms in total. The van der Waals surface area contributed by atoms with Gasteiger partial charge in [0, 0.05) is 6.04 Å². The van der Waals surface area contributed by atoms with Crippen LogP contribution in [-0.2, 0) is 0 Å². The fraction of sp³-hybridized carbons (Fsp3) is 0.500. The SMILES string of the molecule is CC1=NC2CCCCC2Nc2ccccc2N1. The van der Waals surface area contributed by atoms with Crippen molar-refractivity contribution in [2.45, 2.75) is 44.7 Å². The monoisotopic (exact) mass is 229 g/mol. The van der Waals surface area contributed by atoms with Crippen LogP contribution in [0.1, 0.15) is 32.6 Å². The van der Waals surface area contributed by atoms with Crippen molar-refractivity contribution in [1.29, 1.82) is 0 Å². The summed E-state index contributed by atoms with van der Waals surface area (Å²) in [5.41, 5.74) is 2.34. The maximum Gasteiger partial charge on any atom is 0.0980 e. The first-order valence-electron chi connectivity index (χ1n) is 6.50. The molecule has 17 heavy (non-hydrogen) atoms. The third-order valence-corrected chi connectivity index (χ3v) is 3.67. The molecule has 2 aliphatic rings. The molecule has 0 bridgehead atoms. The molecule has 0 spiro atoms. The molecule has 0 radical (unpaired) electrons. The van der Waals surface area contributed by atoms with Crippen LogP contribution in [0.4, 0.5) is 11.4 Å². The van der Waals surface area contributed by atoms with E-state index >= 15 is 0 Å². The van der Waals surface area contributed by atoms with Gasteiger partial charge in [-0.05, 0) is 31.9 Å². The van der Waals surface area contributed by atoms with Gasteiger partial charge in [0.05, 0.1) is 23.3 Å². The molecule has 3 heteroatoms. The van der Waals surface area contributed by atoms with E-state index in [-0.39, 0.29) is 0 Å². The standard InChI is InChI=1S/C14H19N3/c1-10-15-11-6-2-4-8-13(11)17-14-9-5-3-7-12(14)16-10/h2,4,6,8,12,14,17H,3,5,7,9H2,1H3,(H,15,16). The number of aliphatic imine (C=N–C) groups is 1. The summed E-state index contributed by atoms with van der Waals surface area (Å²) in [4.78, 5) is 4.80. The number of rotatable bonds is 0. The Morgan fingerprint density at radius 3 is 2.76 bits per heavy atom. The molecule has 1 aromatic carbocycles. The van der Waals surface area contributed by atoms with Crippen molar-refractivity contribution in [3.8, 4) is 0 Å². The Labute approximate surface area is 102 Å². The van der Waals surface area contributed by atoms with Crippen molar-refractivity contribution in [3.63, 3.8) is 0 Å². The fourth-order valence-corrected chi connectivity index (χ4v) is 2.83. The second-order valence-corrected chi connectivity index (χ2v) is 4.99. The zero-order valence-electron chi connectivity index (χ0n) is 10.2. The Bertz CT molecular complexity index is 439. The van der Waals surface area contributed by atoms with Crippen molar-refractivity contribution < 1.29 is 0 Å². The molecule has 0 aromatic heterocycles. The lowest BCUT2D eigenvalue weighted by molar-refractivity contribution is 0.405. The smallest absolute Gasteiger partial charge is 0.0980 e. The van der Waals surface area contributed by atoms with Gasteiger partial charge in [-0.25, -0.2) is 0 Å². The molecule has 1 aliphatic carbocycles. The van der Waals surface area contributed by atoms with Crippen LogP contribution in [0.5, 0.6) is 0 Å². The van der Waals surface area contributed by atoms with E-state index in [4.69, 9.17) is 4.99 Å².